The van der Waals surface area contributed by atoms with Crippen molar-refractivity contribution in [1.82, 2.24) is 4.57 Å². The van der Waals surface area contributed by atoms with E-state index in [1.807, 2.05) is 17.6 Å². The van der Waals surface area contributed by atoms with Crippen LogP contribution in [0.2, 0.25) is 0 Å². The summed E-state index contributed by atoms with van der Waals surface area (Å²) in [4.78, 5) is 11.8. The third kappa shape index (κ3) is 3.84. The Hall–Kier alpha value is -3.68. The number of nitrogens with zero attached hydrogens (tertiary/aromatic N) is 1. The summed E-state index contributed by atoms with van der Waals surface area (Å²) in [5, 5.41) is 11.7. The zero-order chi connectivity index (χ0) is 23.0. The van der Waals surface area contributed by atoms with Gasteiger partial charge in [-0.1, -0.05) is 25.1 Å². The van der Waals surface area contributed by atoms with Gasteiger partial charge in [-0.2, -0.15) is 13.2 Å². The molecule has 5 nitrogen and oxygen atoms in total. The number of benzene rings is 3. The van der Waals surface area contributed by atoms with Gasteiger partial charge in [-0.15, -0.1) is 0 Å². The molecule has 4 aromatic rings. The van der Waals surface area contributed by atoms with Crippen LogP contribution in [0.15, 0.2) is 54.6 Å². The predicted molar refractivity (Wildman–Crippen MR) is 114 cm³/mol. The zero-order valence-corrected chi connectivity index (χ0v) is 17.4. The van der Waals surface area contributed by atoms with E-state index in [4.69, 9.17) is 4.74 Å². The Bertz CT molecular complexity index is 1320. The number of halogens is 3. The molecule has 1 heterocycles. The molecule has 1 aromatic heterocycles. The Morgan fingerprint density at radius 1 is 1.00 bits per heavy atom. The Balaban J connectivity index is 1.98. The van der Waals surface area contributed by atoms with E-state index in [0.29, 0.717) is 33.8 Å². The van der Waals surface area contributed by atoms with Crippen LogP contribution in [0.4, 0.5) is 18.0 Å². The van der Waals surface area contributed by atoms with Crippen molar-refractivity contribution in [2.24, 2.45) is 0 Å². The summed E-state index contributed by atoms with van der Waals surface area (Å²) in [5.41, 5.74) is 1.79. The average molecular weight is 443 g/mol. The smallest absolute Gasteiger partial charge is 0.507 e. The van der Waals surface area contributed by atoms with Crippen LogP contribution in [0.3, 0.4) is 0 Å². The average Bonchev–Trinajstić information content (AvgIpc) is 3.08. The Kier molecular flexibility index (Phi) is 5.46. The van der Waals surface area contributed by atoms with Crippen LogP contribution in [-0.4, -0.2) is 22.9 Å². The molecule has 0 aliphatic heterocycles. The number of fused-ring (bicyclic) bond motifs is 3. The highest BCUT2D eigenvalue weighted by Gasteiger charge is 2.30. The van der Waals surface area contributed by atoms with E-state index in [1.165, 1.54) is 13.2 Å². The maximum atomic E-state index is 13.2. The van der Waals surface area contributed by atoms with Gasteiger partial charge in [0.2, 0.25) is 0 Å². The molecule has 4 rings (SSSR count). The van der Waals surface area contributed by atoms with Gasteiger partial charge in [-0.05, 0) is 53.9 Å². The van der Waals surface area contributed by atoms with Crippen LogP contribution in [0.25, 0.3) is 21.8 Å². The van der Waals surface area contributed by atoms with Crippen molar-refractivity contribution < 1.29 is 32.5 Å². The molecule has 0 bridgehead atoms. The number of rotatable bonds is 4. The van der Waals surface area contributed by atoms with E-state index < -0.39 is 17.9 Å². The molecule has 8 heteroatoms. The van der Waals surface area contributed by atoms with Gasteiger partial charge < -0.3 is 19.1 Å². The number of carbonyl (C=O) groups excluding carboxylic acids is 1. The maximum Gasteiger partial charge on any atom is 0.513 e. The number of phenolic OH excluding ortho intramolecular Hbond substituents is 1. The Morgan fingerprint density at radius 2 is 1.75 bits per heavy atom. The summed E-state index contributed by atoms with van der Waals surface area (Å²) in [7, 11) is 1.18. The second kappa shape index (κ2) is 8.11. The van der Waals surface area contributed by atoms with Crippen molar-refractivity contribution in [3.8, 4) is 11.5 Å². The lowest BCUT2D eigenvalue weighted by atomic mass is 10.1. The minimum Gasteiger partial charge on any atom is -0.507 e. The Labute approximate surface area is 181 Å². The standard InChI is InChI=1S/C24H20F3NO4/c1-3-14-11-18-21(19(29)12-14)22-17(8-5-9-20(22)32-23(30)31-2)28(18)13-15-6-4-7-16(10-15)24(25,26)27/h4-12,29H,3,13H2,1-2H3. The molecule has 0 amide bonds. The molecule has 0 radical (unpaired) electrons. The molecule has 32 heavy (non-hydrogen) atoms. The molecule has 0 spiro atoms. The second-order valence-electron chi connectivity index (χ2n) is 7.35. The molecule has 0 saturated heterocycles. The van der Waals surface area contributed by atoms with Crippen LogP contribution in [0.1, 0.15) is 23.6 Å². The molecule has 0 aliphatic rings. The molecule has 0 atom stereocenters. The van der Waals surface area contributed by atoms with Crippen molar-refractivity contribution in [2.45, 2.75) is 26.1 Å². The van der Waals surface area contributed by atoms with Gasteiger partial charge in [0, 0.05) is 6.54 Å². The van der Waals surface area contributed by atoms with Gasteiger partial charge in [0.15, 0.2) is 0 Å². The van der Waals surface area contributed by atoms with Crippen LogP contribution >= 0.6 is 0 Å². The van der Waals surface area contributed by atoms with Gasteiger partial charge >= 0.3 is 12.3 Å². The minimum atomic E-state index is -4.45. The number of hydrogen-bond donors (Lipinski definition) is 1. The van der Waals surface area contributed by atoms with Gasteiger partial charge in [0.1, 0.15) is 11.5 Å². The number of phenols is 1. The lowest BCUT2D eigenvalue weighted by molar-refractivity contribution is -0.137. The van der Waals surface area contributed by atoms with Crippen molar-refractivity contribution >= 4 is 28.0 Å². The molecular formula is C24H20F3NO4. The third-order valence-corrected chi connectivity index (χ3v) is 5.36. The van der Waals surface area contributed by atoms with Crippen LogP contribution < -0.4 is 4.74 Å². The SMILES string of the molecule is CCc1cc(O)c2c3c(OC(=O)OC)cccc3n(Cc3cccc(C(F)(F)F)c3)c2c1. The van der Waals surface area contributed by atoms with Gasteiger partial charge in [-0.25, -0.2) is 4.79 Å². The van der Waals surface area contributed by atoms with Crippen LogP contribution in [0.5, 0.6) is 11.5 Å². The summed E-state index contributed by atoms with van der Waals surface area (Å²) in [6.45, 7) is 2.06. The first-order valence-electron chi connectivity index (χ1n) is 9.91. The van der Waals surface area contributed by atoms with Gasteiger partial charge in [0.05, 0.1) is 34.5 Å². The molecule has 0 unspecified atom stereocenters. The minimum absolute atomic E-state index is 0.00643. The lowest BCUT2D eigenvalue weighted by Crippen LogP contribution is -2.08. The first-order chi connectivity index (χ1) is 15.2. The predicted octanol–water partition coefficient (Wildman–Crippen LogP) is 6.27. The number of hydrogen-bond acceptors (Lipinski definition) is 4. The van der Waals surface area contributed by atoms with Crippen LogP contribution in [0, 0.1) is 0 Å². The highest BCUT2D eigenvalue weighted by Crippen LogP contribution is 2.41. The van der Waals surface area contributed by atoms with E-state index in [2.05, 4.69) is 4.74 Å². The monoisotopic (exact) mass is 443 g/mol. The number of aromatic nitrogens is 1. The normalized spacial score (nSPS) is 11.8. The van der Waals surface area contributed by atoms with E-state index in [0.717, 1.165) is 17.7 Å². The maximum absolute atomic E-state index is 13.2. The molecule has 166 valence electrons. The van der Waals surface area contributed by atoms with Crippen molar-refractivity contribution in [2.75, 3.05) is 7.11 Å². The number of methoxy groups -OCH3 is 1. The number of aryl methyl sites for hydroxylation is 1. The number of aromatic hydroxyl groups is 1. The fourth-order valence-electron chi connectivity index (χ4n) is 3.88. The second-order valence-corrected chi connectivity index (χ2v) is 7.35. The van der Waals surface area contributed by atoms with Crippen molar-refractivity contribution in [3.63, 3.8) is 0 Å². The highest BCUT2D eigenvalue weighted by atomic mass is 19.4. The molecular weight excluding hydrogens is 423 g/mol. The van der Waals surface area contributed by atoms with E-state index in [1.54, 1.807) is 30.3 Å². The third-order valence-electron chi connectivity index (χ3n) is 5.36. The molecule has 1 N–H and O–H groups in total. The summed E-state index contributed by atoms with van der Waals surface area (Å²) in [6.07, 6.45) is -4.72. The summed E-state index contributed by atoms with van der Waals surface area (Å²) in [5.74, 6) is 0.176. The van der Waals surface area contributed by atoms with E-state index in [9.17, 15) is 23.1 Å². The van der Waals surface area contributed by atoms with Gasteiger partial charge in [-0.3, -0.25) is 0 Å². The topological polar surface area (TPSA) is 60.7 Å². The van der Waals surface area contributed by atoms with Crippen molar-refractivity contribution in [1.29, 1.82) is 0 Å². The summed E-state index contributed by atoms with van der Waals surface area (Å²) in [6, 6.07) is 13.6. The first-order valence-corrected chi connectivity index (χ1v) is 9.91. The van der Waals surface area contributed by atoms with Crippen molar-refractivity contribution in [3.05, 3.63) is 71.3 Å². The van der Waals surface area contributed by atoms with E-state index in [-0.39, 0.29) is 18.0 Å². The first kappa shape index (κ1) is 21.5. The molecule has 0 saturated carbocycles. The largest absolute Gasteiger partial charge is 0.513 e. The van der Waals surface area contributed by atoms with Crippen LogP contribution in [-0.2, 0) is 23.9 Å². The Morgan fingerprint density at radius 3 is 2.44 bits per heavy atom. The fourth-order valence-corrected chi connectivity index (χ4v) is 3.88. The summed E-state index contributed by atoms with van der Waals surface area (Å²) < 4.78 is 51.3. The van der Waals surface area contributed by atoms with E-state index >= 15 is 0 Å². The number of carbonyl (C=O) groups is 1. The molecule has 0 fully saturated rings. The lowest BCUT2D eigenvalue weighted by Gasteiger charge is -2.12. The molecule has 0 aliphatic carbocycles. The quantitative estimate of drug-likeness (QED) is 0.298. The highest BCUT2D eigenvalue weighted by molar-refractivity contribution is 6.14. The van der Waals surface area contributed by atoms with Gasteiger partial charge in [0.25, 0.3) is 0 Å². The zero-order valence-electron chi connectivity index (χ0n) is 17.4. The number of alkyl halides is 3. The molecule has 3 aromatic carbocycles. The fraction of sp³-hybridized carbons (Fsp3) is 0.208. The number of ether oxygens (including phenoxy) is 2. The summed E-state index contributed by atoms with van der Waals surface area (Å²) >= 11 is 0.